The van der Waals surface area contributed by atoms with E-state index in [1.807, 2.05) is 72.8 Å². The first kappa shape index (κ1) is 26.2. The van der Waals surface area contributed by atoms with Crippen LogP contribution in [0.1, 0.15) is 18.1 Å². The van der Waals surface area contributed by atoms with Crippen molar-refractivity contribution in [3.05, 3.63) is 112 Å². The zero-order valence-electron chi connectivity index (χ0n) is 20.0. The molecule has 0 bridgehead atoms. The molecule has 2 N–H and O–H groups in total. The molecule has 0 aliphatic carbocycles. The number of rotatable bonds is 9. The Hall–Kier alpha value is -3.87. The first-order valence-corrected chi connectivity index (χ1v) is 12.4. The number of hydrazone groups is 1. The van der Waals surface area contributed by atoms with E-state index in [2.05, 4.69) is 15.8 Å². The second-order valence-electron chi connectivity index (χ2n) is 8.39. The first-order valence-electron chi connectivity index (χ1n) is 11.7. The third kappa shape index (κ3) is 7.09. The van der Waals surface area contributed by atoms with Gasteiger partial charge in [0.15, 0.2) is 6.10 Å². The Kier molecular flexibility index (Phi) is 8.77. The quantitative estimate of drug-likeness (QED) is 0.211. The molecule has 4 aromatic rings. The van der Waals surface area contributed by atoms with E-state index in [1.54, 1.807) is 25.3 Å². The van der Waals surface area contributed by atoms with Gasteiger partial charge in [0.1, 0.15) is 11.8 Å². The highest BCUT2D eigenvalue weighted by Crippen LogP contribution is 2.28. The molecule has 0 fully saturated rings. The molecule has 0 radical (unpaired) electrons. The molecule has 0 aliphatic heterocycles. The third-order valence-electron chi connectivity index (χ3n) is 5.68. The Morgan fingerprint density at radius 1 is 0.919 bits per heavy atom. The second-order valence-corrected chi connectivity index (χ2v) is 9.23. The van der Waals surface area contributed by atoms with Crippen molar-refractivity contribution in [2.24, 2.45) is 5.10 Å². The number of hydrogen-bond donors (Lipinski definition) is 2. The van der Waals surface area contributed by atoms with Gasteiger partial charge in [-0.25, -0.2) is 5.43 Å². The Morgan fingerprint density at radius 2 is 1.65 bits per heavy atom. The van der Waals surface area contributed by atoms with Crippen molar-refractivity contribution in [1.82, 2.24) is 10.7 Å². The average Bonchev–Trinajstić information content (AvgIpc) is 2.90. The zero-order valence-corrected chi connectivity index (χ0v) is 21.5. The van der Waals surface area contributed by atoms with Crippen LogP contribution in [0.5, 0.6) is 5.75 Å². The van der Waals surface area contributed by atoms with E-state index in [9.17, 15) is 9.59 Å². The maximum absolute atomic E-state index is 13.1. The topological polar surface area (TPSA) is 79.8 Å². The largest absolute Gasteiger partial charge is 0.479 e. The maximum Gasteiger partial charge on any atom is 0.262 e. The summed E-state index contributed by atoms with van der Waals surface area (Å²) >= 11 is 12.1. The lowest BCUT2D eigenvalue weighted by Crippen LogP contribution is -2.50. The molecule has 188 valence electrons. The fourth-order valence-corrected chi connectivity index (χ4v) is 4.22. The fraction of sp³-hybridized carbons (Fsp3) is 0.138. The van der Waals surface area contributed by atoms with Gasteiger partial charge in [0.25, 0.3) is 11.8 Å². The zero-order chi connectivity index (χ0) is 26.2. The molecule has 8 heteroatoms. The summed E-state index contributed by atoms with van der Waals surface area (Å²) in [6, 6.07) is 27.0. The van der Waals surface area contributed by atoms with Gasteiger partial charge in [0, 0.05) is 17.0 Å². The summed E-state index contributed by atoms with van der Waals surface area (Å²) in [5, 5.41) is 9.76. The number of halogens is 2. The number of benzene rings is 4. The van der Waals surface area contributed by atoms with Crippen molar-refractivity contribution in [2.75, 3.05) is 0 Å². The van der Waals surface area contributed by atoms with Gasteiger partial charge >= 0.3 is 0 Å². The summed E-state index contributed by atoms with van der Waals surface area (Å²) in [5.74, 6) is -0.608. The molecule has 0 saturated carbocycles. The van der Waals surface area contributed by atoms with Crippen LogP contribution in [-0.2, 0) is 16.0 Å². The van der Waals surface area contributed by atoms with Gasteiger partial charge in [-0.05, 0) is 41.5 Å². The molecule has 2 amide bonds. The fourth-order valence-electron chi connectivity index (χ4n) is 3.77. The van der Waals surface area contributed by atoms with Crippen LogP contribution in [0.3, 0.4) is 0 Å². The minimum Gasteiger partial charge on any atom is -0.479 e. The van der Waals surface area contributed by atoms with Crippen LogP contribution in [0.25, 0.3) is 10.8 Å². The number of nitrogens with one attached hydrogen (secondary N) is 2. The van der Waals surface area contributed by atoms with Crippen LogP contribution in [0.4, 0.5) is 0 Å². The molecule has 2 atom stereocenters. The van der Waals surface area contributed by atoms with Gasteiger partial charge in [0.05, 0.1) is 11.2 Å². The van der Waals surface area contributed by atoms with E-state index >= 15 is 0 Å². The molecule has 0 aromatic heterocycles. The smallest absolute Gasteiger partial charge is 0.262 e. The average molecular weight is 534 g/mol. The highest BCUT2D eigenvalue weighted by molar-refractivity contribution is 6.35. The minimum atomic E-state index is -0.913. The van der Waals surface area contributed by atoms with Crippen molar-refractivity contribution in [3.63, 3.8) is 0 Å². The van der Waals surface area contributed by atoms with Crippen molar-refractivity contribution in [2.45, 2.75) is 25.5 Å². The molecule has 37 heavy (non-hydrogen) atoms. The number of fused-ring (bicyclic) bond motifs is 1. The predicted octanol–water partition coefficient (Wildman–Crippen LogP) is 5.79. The molecule has 0 spiro atoms. The normalized spacial score (nSPS) is 12.7. The number of hydrogen-bond acceptors (Lipinski definition) is 4. The van der Waals surface area contributed by atoms with Crippen LogP contribution in [0, 0.1) is 0 Å². The Balaban J connectivity index is 1.46. The molecule has 4 aromatic carbocycles. The number of amides is 2. The lowest BCUT2D eigenvalue weighted by Gasteiger charge is -2.21. The third-order valence-corrected chi connectivity index (χ3v) is 6.21. The number of carbonyl (C=O) groups excluding carboxylic acids is 2. The SMILES string of the molecule is C[C@@H](Oc1ccc(Cl)cc1Cl)C(=O)N[C@@H](Cc1ccccc1)C(=O)N/N=C\c1cccc2ccccc12. The predicted molar refractivity (Wildman–Crippen MR) is 148 cm³/mol. The van der Waals surface area contributed by atoms with Crippen LogP contribution in [0.2, 0.25) is 10.0 Å². The highest BCUT2D eigenvalue weighted by Gasteiger charge is 2.25. The van der Waals surface area contributed by atoms with Crippen molar-refractivity contribution < 1.29 is 14.3 Å². The molecule has 0 unspecified atom stereocenters. The summed E-state index contributed by atoms with van der Waals surface area (Å²) < 4.78 is 5.71. The molecule has 0 heterocycles. The summed E-state index contributed by atoms with van der Waals surface area (Å²) in [5.41, 5.74) is 4.31. The summed E-state index contributed by atoms with van der Waals surface area (Å²) in [4.78, 5) is 26.0. The highest BCUT2D eigenvalue weighted by atomic mass is 35.5. The molecular weight excluding hydrogens is 509 g/mol. The molecule has 4 rings (SSSR count). The van der Waals surface area contributed by atoms with E-state index < -0.39 is 24.0 Å². The van der Waals surface area contributed by atoms with E-state index in [4.69, 9.17) is 27.9 Å². The van der Waals surface area contributed by atoms with Crippen LogP contribution < -0.4 is 15.5 Å². The molecular formula is C29H25Cl2N3O3. The van der Waals surface area contributed by atoms with Gasteiger partial charge in [-0.1, -0.05) is 96.0 Å². The van der Waals surface area contributed by atoms with E-state index in [0.29, 0.717) is 10.8 Å². The lowest BCUT2D eigenvalue weighted by molar-refractivity contribution is -0.132. The van der Waals surface area contributed by atoms with Gasteiger partial charge in [-0.2, -0.15) is 5.10 Å². The molecule has 6 nitrogen and oxygen atoms in total. The lowest BCUT2D eigenvalue weighted by atomic mass is 10.1. The summed E-state index contributed by atoms with van der Waals surface area (Å²) in [6.45, 7) is 1.58. The first-order chi connectivity index (χ1) is 17.9. The van der Waals surface area contributed by atoms with E-state index in [0.717, 1.165) is 21.9 Å². The second kappa shape index (κ2) is 12.4. The Labute approximate surface area is 225 Å². The van der Waals surface area contributed by atoms with Crippen molar-refractivity contribution >= 4 is 52.0 Å². The monoisotopic (exact) mass is 533 g/mol. The Bertz CT molecular complexity index is 1420. The molecule has 0 aliphatic rings. The molecule has 0 saturated heterocycles. The van der Waals surface area contributed by atoms with Crippen LogP contribution in [0.15, 0.2) is 96.1 Å². The van der Waals surface area contributed by atoms with Gasteiger partial charge in [-0.3, -0.25) is 9.59 Å². The standard InChI is InChI=1S/C29H25Cl2N3O3/c1-19(37-27-15-14-23(30)17-25(27)31)28(35)33-26(16-20-8-3-2-4-9-20)29(36)34-32-18-22-12-7-11-21-10-5-6-13-24(21)22/h2-15,17-19,26H,16H2,1H3,(H,33,35)(H,34,36)/b32-18-/t19-,26+/m1/s1. The van der Waals surface area contributed by atoms with Crippen LogP contribution >= 0.6 is 23.2 Å². The number of nitrogens with zero attached hydrogens (tertiary/aromatic N) is 1. The van der Waals surface area contributed by atoms with Gasteiger partial charge < -0.3 is 10.1 Å². The van der Waals surface area contributed by atoms with Crippen molar-refractivity contribution in [1.29, 1.82) is 0 Å². The summed E-state index contributed by atoms with van der Waals surface area (Å²) in [6.07, 6.45) is 0.955. The maximum atomic E-state index is 13.1. The summed E-state index contributed by atoms with van der Waals surface area (Å²) in [7, 11) is 0. The Morgan fingerprint density at radius 3 is 2.43 bits per heavy atom. The van der Waals surface area contributed by atoms with Gasteiger partial charge in [0.2, 0.25) is 0 Å². The van der Waals surface area contributed by atoms with Crippen molar-refractivity contribution in [3.8, 4) is 5.75 Å². The number of ether oxygens (including phenoxy) is 1. The number of carbonyl (C=O) groups is 2. The van der Waals surface area contributed by atoms with E-state index in [-0.39, 0.29) is 11.4 Å². The van der Waals surface area contributed by atoms with Gasteiger partial charge in [-0.15, -0.1) is 0 Å². The van der Waals surface area contributed by atoms with Crippen LogP contribution in [-0.4, -0.2) is 30.2 Å². The minimum absolute atomic E-state index is 0.274. The van der Waals surface area contributed by atoms with E-state index in [1.165, 1.54) is 6.07 Å².